The Morgan fingerprint density at radius 1 is 1.75 bits per heavy atom. The SMILES string of the molecule is ON=CC(Cl)=NOCl. The lowest BCUT2D eigenvalue weighted by atomic mass is 10.8. The maximum Gasteiger partial charge on any atom is 0.192 e. The van der Waals surface area contributed by atoms with Gasteiger partial charge in [0.15, 0.2) is 17.0 Å². The molecule has 0 amide bonds. The Hall–Kier alpha value is -0.480. The molecule has 8 heavy (non-hydrogen) atoms. The van der Waals surface area contributed by atoms with E-state index in [2.05, 4.69) is 26.6 Å². The number of nitrogens with zero attached hydrogens (tertiary/aromatic N) is 2. The maximum atomic E-state index is 7.77. The fourth-order valence-corrected chi connectivity index (χ4v) is 0.292. The van der Waals surface area contributed by atoms with E-state index < -0.39 is 0 Å². The summed E-state index contributed by atoms with van der Waals surface area (Å²) >= 11 is 9.73. The van der Waals surface area contributed by atoms with Crippen LogP contribution in [-0.4, -0.2) is 16.6 Å². The third kappa shape index (κ3) is 3.70. The molecule has 0 bridgehead atoms. The second-order valence-electron chi connectivity index (χ2n) is 0.728. The largest absolute Gasteiger partial charge is 0.411 e. The van der Waals surface area contributed by atoms with Crippen LogP contribution in [0, 0.1) is 0 Å². The predicted molar refractivity (Wildman–Crippen MR) is 30.5 cm³/mol. The molecule has 0 rings (SSSR count). The molecule has 0 spiro atoms. The highest BCUT2D eigenvalue weighted by Crippen LogP contribution is 1.86. The van der Waals surface area contributed by atoms with Crippen molar-refractivity contribution < 1.29 is 9.60 Å². The van der Waals surface area contributed by atoms with Crippen LogP contribution in [0.1, 0.15) is 0 Å². The van der Waals surface area contributed by atoms with E-state index in [0.29, 0.717) is 0 Å². The van der Waals surface area contributed by atoms with Gasteiger partial charge in [-0.15, -0.1) is 0 Å². The lowest BCUT2D eigenvalue weighted by Gasteiger charge is -1.79. The molecule has 0 aliphatic rings. The number of hydrogen-bond donors (Lipinski definition) is 1. The molecule has 0 aromatic rings. The summed E-state index contributed by atoms with van der Waals surface area (Å²) in [6.45, 7) is 0. The van der Waals surface area contributed by atoms with Crippen LogP contribution in [0.2, 0.25) is 0 Å². The molecular formula is C2H2Cl2N2O2. The van der Waals surface area contributed by atoms with Gasteiger partial charge in [0.05, 0.1) is 0 Å². The van der Waals surface area contributed by atoms with Gasteiger partial charge < -0.3 is 5.21 Å². The van der Waals surface area contributed by atoms with Gasteiger partial charge in [-0.2, -0.15) is 0 Å². The molecule has 0 fully saturated rings. The lowest BCUT2D eigenvalue weighted by molar-refractivity contribution is 0.322. The fourth-order valence-electron chi connectivity index (χ4n) is 0.104. The van der Waals surface area contributed by atoms with E-state index >= 15 is 0 Å². The Balaban J connectivity index is 3.61. The van der Waals surface area contributed by atoms with E-state index in [1.807, 2.05) is 0 Å². The molecule has 0 saturated carbocycles. The van der Waals surface area contributed by atoms with Crippen LogP contribution in [-0.2, 0) is 4.39 Å². The van der Waals surface area contributed by atoms with Crippen LogP contribution in [0.25, 0.3) is 0 Å². The number of rotatable bonds is 2. The molecule has 0 saturated heterocycles. The molecule has 6 heteroatoms. The molecular weight excluding hydrogens is 155 g/mol. The van der Waals surface area contributed by atoms with Gasteiger partial charge in [0, 0.05) is 0 Å². The highest BCUT2D eigenvalue weighted by Gasteiger charge is 1.84. The number of halogens is 2. The van der Waals surface area contributed by atoms with E-state index in [1.165, 1.54) is 0 Å². The van der Waals surface area contributed by atoms with E-state index in [1.54, 1.807) is 0 Å². The summed E-state index contributed by atoms with van der Waals surface area (Å²) in [7, 11) is 0. The van der Waals surface area contributed by atoms with Crippen LogP contribution in [0.3, 0.4) is 0 Å². The highest BCUT2D eigenvalue weighted by molar-refractivity contribution is 6.79. The second kappa shape index (κ2) is 4.67. The van der Waals surface area contributed by atoms with Gasteiger partial charge >= 0.3 is 0 Å². The molecule has 0 heterocycles. The van der Waals surface area contributed by atoms with Crippen LogP contribution in [0.15, 0.2) is 10.3 Å². The van der Waals surface area contributed by atoms with Crippen molar-refractivity contribution in [3.63, 3.8) is 0 Å². The molecule has 4 nitrogen and oxygen atoms in total. The smallest absolute Gasteiger partial charge is 0.192 e. The maximum absolute atomic E-state index is 7.77. The van der Waals surface area contributed by atoms with Crippen molar-refractivity contribution >= 4 is 34.9 Å². The monoisotopic (exact) mass is 156 g/mol. The third-order valence-corrected chi connectivity index (χ3v) is 0.522. The van der Waals surface area contributed by atoms with E-state index in [9.17, 15) is 0 Å². The zero-order chi connectivity index (χ0) is 6.41. The Morgan fingerprint density at radius 3 is 2.75 bits per heavy atom. The normalized spacial score (nSPS) is 12.5. The number of oxime groups is 2. The van der Waals surface area contributed by atoms with Crippen LogP contribution in [0.5, 0.6) is 0 Å². The summed E-state index contributed by atoms with van der Waals surface area (Å²) < 4.78 is 3.68. The van der Waals surface area contributed by atoms with Gasteiger partial charge in [0.2, 0.25) is 0 Å². The molecule has 0 unspecified atom stereocenters. The van der Waals surface area contributed by atoms with Gasteiger partial charge in [-0.25, -0.2) is 0 Å². The van der Waals surface area contributed by atoms with Crippen molar-refractivity contribution in [1.29, 1.82) is 0 Å². The molecule has 0 radical (unpaired) electrons. The summed E-state index contributed by atoms with van der Waals surface area (Å²) in [5.41, 5.74) is 0. The average molecular weight is 157 g/mol. The van der Waals surface area contributed by atoms with E-state index in [-0.39, 0.29) is 5.17 Å². The summed E-state index contributed by atoms with van der Waals surface area (Å²) in [4.78, 5) is 0. The average Bonchev–Trinajstić information content (AvgIpc) is 1.68. The molecule has 0 aromatic carbocycles. The van der Waals surface area contributed by atoms with E-state index in [0.717, 1.165) is 6.21 Å². The Bertz CT molecular complexity index is 113. The van der Waals surface area contributed by atoms with Crippen LogP contribution >= 0.6 is 23.5 Å². The third-order valence-electron chi connectivity index (χ3n) is 0.286. The van der Waals surface area contributed by atoms with Gasteiger partial charge in [-0.1, -0.05) is 16.8 Å². The van der Waals surface area contributed by atoms with Crippen molar-refractivity contribution in [2.75, 3.05) is 0 Å². The van der Waals surface area contributed by atoms with Crippen LogP contribution in [0.4, 0.5) is 0 Å². The van der Waals surface area contributed by atoms with Gasteiger partial charge in [-0.05, 0) is 5.16 Å². The Kier molecular flexibility index (Phi) is 4.39. The quantitative estimate of drug-likeness (QED) is 0.371. The van der Waals surface area contributed by atoms with Gasteiger partial charge in [0.1, 0.15) is 6.21 Å². The van der Waals surface area contributed by atoms with Gasteiger partial charge in [0.25, 0.3) is 0 Å². The molecule has 0 atom stereocenters. The molecule has 46 valence electrons. The van der Waals surface area contributed by atoms with Gasteiger partial charge in [-0.3, -0.25) is 4.39 Å². The molecule has 0 aromatic heterocycles. The van der Waals surface area contributed by atoms with Crippen molar-refractivity contribution in [2.45, 2.75) is 0 Å². The van der Waals surface area contributed by atoms with Crippen molar-refractivity contribution in [3.8, 4) is 0 Å². The molecule has 0 aliphatic heterocycles. The zero-order valence-corrected chi connectivity index (χ0v) is 5.10. The first kappa shape index (κ1) is 7.52. The summed E-state index contributed by atoms with van der Waals surface area (Å²) in [6.07, 6.45) is 0.865. The lowest BCUT2D eigenvalue weighted by Crippen LogP contribution is -1.86. The minimum Gasteiger partial charge on any atom is -0.411 e. The van der Waals surface area contributed by atoms with E-state index in [4.69, 9.17) is 16.8 Å². The first-order chi connectivity index (χ1) is 3.81. The van der Waals surface area contributed by atoms with Crippen LogP contribution < -0.4 is 0 Å². The summed E-state index contributed by atoms with van der Waals surface area (Å²) in [6, 6.07) is 0. The summed E-state index contributed by atoms with van der Waals surface area (Å²) in [5.74, 6) is 0. The topological polar surface area (TPSA) is 54.2 Å². The molecule has 1 N–H and O–H groups in total. The minimum atomic E-state index is -0.137. The van der Waals surface area contributed by atoms with Crippen molar-refractivity contribution in [1.82, 2.24) is 0 Å². The fraction of sp³-hybridized carbons (Fsp3) is 0. The summed E-state index contributed by atoms with van der Waals surface area (Å²) in [5, 5.41) is 13.1. The Labute approximate surface area is 55.5 Å². The highest BCUT2D eigenvalue weighted by atomic mass is 35.5. The Morgan fingerprint density at radius 2 is 2.38 bits per heavy atom. The van der Waals surface area contributed by atoms with Crippen molar-refractivity contribution in [2.24, 2.45) is 10.3 Å². The number of hydrogen-bond acceptors (Lipinski definition) is 4. The standard InChI is InChI=1S/C2H2Cl2N2O2/c3-2(1-5-7)6-8-4/h1,7H. The molecule has 0 aliphatic carbocycles. The first-order valence-corrected chi connectivity index (χ1v) is 2.18. The van der Waals surface area contributed by atoms with Crippen molar-refractivity contribution in [3.05, 3.63) is 0 Å². The first-order valence-electron chi connectivity index (χ1n) is 1.50. The zero-order valence-electron chi connectivity index (χ0n) is 3.58. The predicted octanol–water partition coefficient (Wildman–Crippen LogP) is 1.17. The second-order valence-corrected chi connectivity index (χ2v) is 1.25. The minimum absolute atomic E-state index is 0.137.